The summed E-state index contributed by atoms with van der Waals surface area (Å²) in [5.74, 6) is -0.0903. The van der Waals surface area contributed by atoms with Crippen LogP contribution in [-0.4, -0.2) is 6.61 Å². The fourth-order valence-electron chi connectivity index (χ4n) is 1.95. The zero-order valence-corrected chi connectivity index (χ0v) is 11.0. The molecule has 1 aliphatic heterocycles. The predicted octanol–water partition coefficient (Wildman–Crippen LogP) is 4.09. The van der Waals surface area contributed by atoms with E-state index in [1.54, 1.807) is 0 Å². The molecular weight excluding hydrogens is 289 g/mol. The standard InChI is InChI=1S/C12H11BrClNO/c13-9-3-4-10(11(14)6-9)12-8(7-15)2-1-5-16-12/h3-4,6,8,12H,1-2,5H2. The van der Waals surface area contributed by atoms with Crippen molar-refractivity contribution in [1.82, 2.24) is 0 Å². The number of halogens is 2. The van der Waals surface area contributed by atoms with Gasteiger partial charge in [-0.2, -0.15) is 5.26 Å². The van der Waals surface area contributed by atoms with Crippen LogP contribution in [0, 0.1) is 17.2 Å². The summed E-state index contributed by atoms with van der Waals surface area (Å²) < 4.78 is 6.60. The predicted molar refractivity (Wildman–Crippen MR) is 66.2 cm³/mol. The van der Waals surface area contributed by atoms with E-state index in [0.29, 0.717) is 11.6 Å². The Morgan fingerprint density at radius 2 is 2.31 bits per heavy atom. The average Bonchev–Trinajstić information content (AvgIpc) is 2.29. The van der Waals surface area contributed by atoms with Crippen LogP contribution in [0.15, 0.2) is 22.7 Å². The molecule has 1 saturated heterocycles. The van der Waals surface area contributed by atoms with Crippen LogP contribution in [0.3, 0.4) is 0 Å². The minimum atomic E-state index is -0.181. The highest BCUT2D eigenvalue weighted by molar-refractivity contribution is 9.10. The summed E-state index contributed by atoms with van der Waals surface area (Å²) in [5, 5.41) is 9.74. The molecule has 1 aliphatic rings. The van der Waals surface area contributed by atoms with Gasteiger partial charge in [-0.1, -0.05) is 33.6 Å². The molecule has 2 nitrogen and oxygen atoms in total. The largest absolute Gasteiger partial charge is 0.372 e. The van der Waals surface area contributed by atoms with E-state index >= 15 is 0 Å². The highest BCUT2D eigenvalue weighted by atomic mass is 79.9. The molecule has 0 N–H and O–H groups in total. The van der Waals surface area contributed by atoms with Crippen molar-refractivity contribution in [2.75, 3.05) is 6.61 Å². The van der Waals surface area contributed by atoms with E-state index in [-0.39, 0.29) is 12.0 Å². The Morgan fingerprint density at radius 3 is 3.00 bits per heavy atom. The normalized spacial score (nSPS) is 25.1. The minimum Gasteiger partial charge on any atom is -0.372 e. The van der Waals surface area contributed by atoms with Crippen LogP contribution in [0.2, 0.25) is 5.02 Å². The number of hydrogen-bond donors (Lipinski definition) is 0. The van der Waals surface area contributed by atoms with Crippen LogP contribution < -0.4 is 0 Å². The molecule has 0 amide bonds. The van der Waals surface area contributed by atoms with Crippen molar-refractivity contribution >= 4 is 27.5 Å². The molecule has 0 aliphatic carbocycles. The Bertz CT molecular complexity index is 430. The van der Waals surface area contributed by atoms with E-state index in [1.165, 1.54) is 0 Å². The summed E-state index contributed by atoms with van der Waals surface area (Å²) in [7, 11) is 0. The first-order valence-electron chi connectivity index (χ1n) is 5.18. The maximum absolute atomic E-state index is 9.09. The number of ether oxygens (including phenoxy) is 1. The van der Waals surface area contributed by atoms with Gasteiger partial charge >= 0.3 is 0 Å². The summed E-state index contributed by atoms with van der Waals surface area (Å²) in [6.45, 7) is 0.704. The summed E-state index contributed by atoms with van der Waals surface area (Å²) in [6, 6.07) is 7.98. The van der Waals surface area contributed by atoms with Crippen LogP contribution in [0.5, 0.6) is 0 Å². The van der Waals surface area contributed by atoms with Gasteiger partial charge in [0, 0.05) is 21.7 Å². The smallest absolute Gasteiger partial charge is 0.0997 e. The zero-order valence-electron chi connectivity index (χ0n) is 8.62. The Labute approximate surface area is 108 Å². The fraction of sp³-hybridized carbons (Fsp3) is 0.417. The Hall–Kier alpha value is -0.560. The number of hydrogen-bond acceptors (Lipinski definition) is 2. The van der Waals surface area contributed by atoms with E-state index in [1.807, 2.05) is 18.2 Å². The summed E-state index contributed by atoms with van der Waals surface area (Å²) in [6.07, 6.45) is 1.65. The lowest BCUT2D eigenvalue weighted by Crippen LogP contribution is -2.21. The van der Waals surface area contributed by atoms with Crippen LogP contribution in [0.4, 0.5) is 0 Å². The lowest BCUT2D eigenvalue weighted by atomic mass is 9.91. The van der Waals surface area contributed by atoms with Crippen LogP contribution in [-0.2, 0) is 4.74 Å². The highest BCUT2D eigenvalue weighted by Crippen LogP contribution is 2.37. The second-order valence-electron chi connectivity index (χ2n) is 3.84. The molecule has 0 bridgehead atoms. The quantitative estimate of drug-likeness (QED) is 0.782. The summed E-state index contributed by atoms with van der Waals surface area (Å²) in [5.41, 5.74) is 0.913. The molecule has 2 atom stereocenters. The van der Waals surface area contributed by atoms with E-state index < -0.39 is 0 Å². The van der Waals surface area contributed by atoms with Crippen LogP contribution >= 0.6 is 27.5 Å². The van der Waals surface area contributed by atoms with Gasteiger partial charge in [-0.15, -0.1) is 0 Å². The second kappa shape index (κ2) is 5.18. The van der Waals surface area contributed by atoms with Crippen molar-refractivity contribution in [3.8, 4) is 6.07 Å². The number of nitrogens with zero attached hydrogens (tertiary/aromatic N) is 1. The molecule has 0 aromatic heterocycles. The van der Waals surface area contributed by atoms with Crippen molar-refractivity contribution in [3.63, 3.8) is 0 Å². The molecule has 4 heteroatoms. The molecular formula is C12H11BrClNO. The maximum atomic E-state index is 9.09. The molecule has 84 valence electrons. The lowest BCUT2D eigenvalue weighted by molar-refractivity contribution is -0.0101. The van der Waals surface area contributed by atoms with Crippen molar-refractivity contribution in [2.24, 2.45) is 5.92 Å². The first-order valence-corrected chi connectivity index (χ1v) is 6.35. The van der Waals surface area contributed by atoms with Crippen molar-refractivity contribution in [2.45, 2.75) is 18.9 Å². The second-order valence-corrected chi connectivity index (χ2v) is 5.16. The third kappa shape index (κ3) is 2.40. The van der Waals surface area contributed by atoms with Gasteiger partial charge in [0.05, 0.1) is 18.1 Å². The molecule has 1 heterocycles. The van der Waals surface area contributed by atoms with E-state index in [4.69, 9.17) is 21.6 Å². The molecule has 1 aromatic rings. The maximum Gasteiger partial charge on any atom is 0.0997 e. The van der Waals surface area contributed by atoms with Crippen LogP contribution in [0.25, 0.3) is 0 Å². The van der Waals surface area contributed by atoms with Crippen molar-refractivity contribution in [1.29, 1.82) is 5.26 Å². The molecule has 0 spiro atoms. The van der Waals surface area contributed by atoms with E-state index in [9.17, 15) is 0 Å². The van der Waals surface area contributed by atoms with Gasteiger partial charge in [0.2, 0.25) is 0 Å². The van der Waals surface area contributed by atoms with Gasteiger partial charge in [-0.05, 0) is 25.0 Å². The third-order valence-corrected chi connectivity index (χ3v) is 3.58. The molecule has 16 heavy (non-hydrogen) atoms. The van der Waals surface area contributed by atoms with Crippen molar-refractivity contribution in [3.05, 3.63) is 33.3 Å². The van der Waals surface area contributed by atoms with Gasteiger partial charge < -0.3 is 4.74 Å². The monoisotopic (exact) mass is 299 g/mol. The summed E-state index contributed by atoms with van der Waals surface area (Å²) >= 11 is 9.53. The number of benzene rings is 1. The average molecular weight is 301 g/mol. The summed E-state index contributed by atoms with van der Waals surface area (Å²) in [4.78, 5) is 0. The first-order chi connectivity index (χ1) is 7.72. The van der Waals surface area contributed by atoms with Gasteiger partial charge in [0.25, 0.3) is 0 Å². The molecule has 0 radical (unpaired) electrons. The molecule has 2 rings (SSSR count). The Morgan fingerprint density at radius 1 is 1.50 bits per heavy atom. The van der Waals surface area contributed by atoms with Crippen LogP contribution in [0.1, 0.15) is 24.5 Å². The SMILES string of the molecule is N#CC1CCCOC1c1ccc(Br)cc1Cl. The third-order valence-electron chi connectivity index (χ3n) is 2.76. The van der Waals surface area contributed by atoms with Gasteiger partial charge in [0.15, 0.2) is 0 Å². The topological polar surface area (TPSA) is 33.0 Å². The van der Waals surface area contributed by atoms with E-state index in [2.05, 4.69) is 22.0 Å². The number of nitriles is 1. The van der Waals surface area contributed by atoms with Gasteiger partial charge in [-0.3, -0.25) is 0 Å². The molecule has 2 unspecified atom stereocenters. The highest BCUT2D eigenvalue weighted by Gasteiger charge is 2.28. The number of rotatable bonds is 1. The fourth-order valence-corrected chi connectivity index (χ4v) is 2.73. The first kappa shape index (κ1) is 11.9. The molecule has 1 aromatic carbocycles. The Balaban J connectivity index is 2.31. The Kier molecular flexibility index (Phi) is 3.86. The van der Waals surface area contributed by atoms with Gasteiger partial charge in [0.1, 0.15) is 0 Å². The lowest BCUT2D eigenvalue weighted by Gasteiger charge is -2.28. The van der Waals surface area contributed by atoms with Crippen molar-refractivity contribution < 1.29 is 4.74 Å². The van der Waals surface area contributed by atoms with Gasteiger partial charge in [-0.25, -0.2) is 0 Å². The molecule has 0 saturated carbocycles. The molecule has 1 fully saturated rings. The minimum absolute atomic E-state index is 0.0903. The van der Waals surface area contributed by atoms with E-state index in [0.717, 1.165) is 22.9 Å². The zero-order chi connectivity index (χ0) is 11.5.